The largest absolute Gasteiger partial charge is 0.497 e. The fourth-order valence-corrected chi connectivity index (χ4v) is 10.3. The van der Waals surface area contributed by atoms with Crippen molar-refractivity contribution in [3.05, 3.63) is 245 Å². The zero-order valence-corrected chi connectivity index (χ0v) is 49.1. The van der Waals surface area contributed by atoms with E-state index in [9.17, 15) is 24.0 Å². The molecule has 16 nitrogen and oxygen atoms in total. The van der Waals surface area contributed by atoms with Crippen LogP contribution >= 0.6 is 0 Å². The number of nitrogens with one attached hydrogen (secondary N) is 6. The lowest BCUT2D eigenvalue weighted by atomic mass is 9.77. The van der Waals surface area contributed by atoms with Crippen LogP contribution in [0.4, 0.5) is 4.79 Å². The van der Waals surface area contributed by atoms with Gasteiger partial charge in [-0.2, -0.15) is 0 Å². The molecule has 7 aromatic carbocycles. The van der Waals surface area contributed by atoms with E-state index in [1.165, 1.54) is 7.11 Å². The SMILES string of the molecule is CC[C@H](C)[C@H](NC(=O)[C@H](Cc1ccc(OC)cc1)NC(=O)OC(C)(C)C)C(=O)N[C@@H](CCC(=O)NC(c1ccccc1)(c1ccccc1)c1ccccc1)C(=O)N[C@@H](CC(=O)NC(c1ccccc1)(c1ccccc1)c1ccccc1)C(=O)OC. The van der Waals surface area contributed by atoms with Crippen LogP contribution in [0.1, 0.15) is 99.2 Å². The molecule has 0 aliphatic carbocycles. The number of hydrogen-bond acceptors (Lipinski definition) is 10. The Labute approximate surface area is 497 Å². The molecular formula is C69H76N6O10. The molecule has 0 aromatic heterocycles. The van der Waals surface area contributed by atoms with Crippen LogP contribution in [0.2, 0.25) is 0 Å². The fraction of sp³-hybridized carbons (Fsp3) is 0.290. The van der Waals surface area contributed by atoms with E-state index >= 15 is 9.59 Å². The van der Waals surface area contributed by atoms with Crippen molar-refractivity contribution >= 4 is 41.6 Å². The van der Waals surface area contributed by atoms with Gasteiger partial charge in [0, 0.05) is 12.8 Å². The summed E-state index contributed by atoms with van der Waals surface area (Å²) in [5.41, 5.74) is 1.62. The van der Waals surface area contributed by atoms with Crippen molar-refractivity contribution in [1.82, 2.24) is 31.9 Å². The Bertz CT molecular complexity index is 3120. The first-order chi connectivity index (χ1) is 40.9. The normalized spacial score (nSPS) is 13.2. The molecule has 0 radical (unpaired) electrons. The number of hydrogen-bond donors (Lipinski definition) is 6. The molecule has 6 N–H and O–H groups in total. The van der Waals surface area contributed by atoms with Gasteiger partial charge in [-0.15, -0.1) is 0 Å². The second-order valence-corrected chi connectivity index (χ2v) is 21.8. The third kappa shape index (κ3) is 16.4. The molecule has 0 saturated carbocycles. The van der Waals surface area contributed by atoms with Gasteiger partial charge in [0.25, 0.3) is 0 Å². The number of alkyl carbamates (subject to hydrolysis) is 1. The second-order valence-electron chi connectivity index (χ2n) is 21.8. The van der Waals surface area contributed by atoms with Gasteiger partial charge in [0.1, 0.15) is 46.6 Å². The topological polar surface area (TPSA) is 219 Å². The average Bonchev–Trinajstić information content (AvgIpc) is 1.40. The summed E-state index contributed by atoms with van der Waals surface area (Å²) in [6.45, 7) is 8.63. The number of benzene rings is 7. The van der Waals surface area contributed by atoms with E-state index in [-0.39, 0.29) is 19.3 Å². The highest BCUT2D eigenvalue weighted by Crippen LogP contribution is 2.38. The summed E-state index contributed by atoms with van der Waals surface area (Å²) in [7, 11) is 2.65. The van der Waals surface area contributed by atoms with Gasteiger partial charge in [-0.3, -0.25) is 24.0 Å². The number of rotatable bonds is 26. The van der Waals surface area contributed by atoms with Crippen molar-refractivity contribution < 1.29 is 47.8 Å². The zero-order chi connectivity index (χ0) is 61.0. The van der Waals surface area contributed by atoms with E-state index in [0.717, 1.165) is 23.8 Å². The van der Waals surface area contributed by atoms with Crippen molar-refractivity contribution in [3.63, 3.8) is 0 Å². The predicted octanol–water partition coefficient (Wildman–Crippen LogP) is 9.19. The highest BCUT2D eigenvalue weighted by atomic mass is 16.6. The Morgan fingerprint density at radius 2 is 0.847 bits per heavy atom. The van der Waals surface area contributed by atoms with Crippen LogP contribution in [0.25, 0.3) is 0 Å². The fourth-order valence-electron chi connectivity index (χ4n) is 10.3. The maximum absolute atomic E-state index is 15.1. The van der Waals surface area contributed by atoms with E-state index in [2.05, 4.69) is 31.9 Å². The molecule has 7 rings (SSSR count). The van der Waals surface area contributed by atoms with E-state index in [0.29, 0.717) is 34.4 Å². The molecule has 0 spiro atoms. The van der Waals surface area contributed by atoms with E-state index in [4.69, 9.17) is 14.2 Å². The summed E-state index contributed by atoms with van der Waals surface area (Å²) in [6.07, 6.45) is -1.81. The minimum Gasteiger partial charge on any atom is -0.497 e. The maximum Gasteiger partial charge on any atom is 0.408 e. The van der Waals surface area contributed by atoms with Crippen LogP contribution in [0.3, 0.4) is 0 Å². The van der Waals surface area contributed by atoms with Crippen LogP contribution in [0.15, 0.2) is 206 Å². The van der Waals surface area contributed by atoms with Crippen molar-refractivity contribution in [2.75, 3.05) is 14.2 Å². The highest BCUT2D eigenvalue weighted by Gasteiger charge is 2.42. The minimum absolute atomic E-state index is 0.00778. The second kappa shape index (κ2) is 29.6. The standard InChI is InChI=1S/C69H76N6O10/c1-8-47(2)61(73-63(79)57(72-66(82)85-67(3,4)5)45-48-39-41-55(83-6)42-40-48)64(80)70-56(43-44-59(76)74-68(49-27-15-9-16-28-49,50-29-17-10-18-30-50)51-31-19-11-20-32-51)62(78)71-58(65(81)84-7)46-60(77)75-69(52-33-21-12-22-34-52,53-35-23-13-24-36-53)54-37-25-14-26-38-54/h9-42,47,56-58,61H,8,43-46H2,1-7H3,(H,70,80)(H,71,78)(H,72,82)(H,73,79)(H,74,76)(H,75,77)/t47-,56-,57-,58-,61-/m0/s1. The van der Waals surface area contributed by atoms with Crippen molar-refractivity contribution in [1.29, 1.82) is 0 Å². The summed E-state index contributed by atoms with van der Waals surface area (Å²) in [5.74, 6) is -4.55. The van der Waals surface area contributed by atoms with Gasteiger partial charge in [-0.25, -0.2) is 9.59 Å². The Hall–Kier alpha value is -9.57. The lowest BCUT2D eigenvalue weighted by Gasteiger charge is -2.37. The van der Waals surface area contributed by atoms with Gasteiger partial charge in [-0.05, 0) is 84.2 Å². The molecule has 0 aliphatic heterocycles. The van der Waals surface area contributed by atoms with Crippen LogP contribution < -0.4 is 36.6 Å². The zero-order valence-electron chi connectivity index (χ0n) is 49.1. The summed E-state index contributed by atoms with van der Waals surface area (Å²) >= 11 is 0. The van der Waals surface area contributed by atoms with Crippen molar-refractivity contribution in [2.24, 2.45) is 5.92 Å². The van der Waals surface area contributed by atoms with E-state index in [1.807, 2.05) is 189 Å². The first kappa shape index (κ1) is 63.0. The van der Waals surface area contributed by atoms with Gasteiger partial charge < -0.3 is 46.1 Å². The summed E-state index contributed by atoms with van der Waals surface area (Å²) in [5, 5.41) is 17.6. The number of esters is 1. The first-order valence-corrected chi connectivity index (χ1v) is 28.5. The molecule has 0 saturated heterocycles. The molecule has 7 aromatic rings. The number of carbonyl (C=O) groups excluding carboxylic acids is 7. The molecule has 85 heavy (non-hydrogen) atoms. The van der Waals surface area contributed by atoms with Gasteiger partial charge >= 0.3 is 12.1 Å². The molecule has 0 fully saturated rings. The molecular weight excluding hydrogens is 1070 g/mol. The quantitative estimate of drug-likeness (QED) is 0.0223. The van der Waals surface area contributed by atoms with Crippen LogP contribution in [0.5, 0.6) is 5.75 Å². The van der Waals surface area contributed by atoms with Crippen LogP contribution in [-0.2, 0) is 55.7 Å². The molecule has 6 amide bonds. The third-order valence-corrected chi connectivity index (χ3v) is 14.8. The van der Waals surface area contributed by atoms with Gasteiger partial charge in [-0.1, -0.05) is 214 Å². The summed E-state index contributed by atoms with van der Waals surface area (Å²) in [4.78, 5) is 102. The van der Waals surface area contributed by atoms with Gasteiger partial charge in [0.05, 0.1) is 20.6 Å². The molecule has 0 aliphatic rings. The Kier molecular flexibility index (Phi) is 21.9. The average molecular weight is 1150 g/mol. The predicted molar refractivity (Wildman–Crippen MR) is 326 cm³/mol. The van der Waals surface area contributed by atoms with Crippen molar-refractivity contribution in [2.45, 2.75) is 108 Å². The lowest BCUT2D eigenvalue weighted by molar-refractivity contribution is -0.147. The number of methoxy groups -OCH3 is 2. The lowest BCUT2D eigenvalue weighted by Crippen LogP contribution is -2.60. The molecule has 16 heteroatoms. The number of ether oxygens (including phenoxy) is 3. The first-order valence-electron chi connectivity index (χ1n) is 28.5. The van der Waals surface area contributed by atoms with Gasteiger partial charge in [0.2, 0.25) is 29.5 Å². The molecule has 0 bridgehead atoms. The van der Waals surface area contributed by atoms with Crippen LogP contribution in [-0.4, -0.2) is 85.6 Å². The highest BCUT2D eigenvalue weighted by molar-refractivity contribution is 5.96. The number of amides is 6. The summed E-state index contributed by atoms with van der Waals surface area (Å²) in [6, 6.07) is 57.7. The molecule has 0 unspecified atom stereocenters. The monoisotopic (exact) mass is 1150 g/mol. The Morgan fingerprint density at radius 1 is 0.459 bits per heavy atom. The molecule has 5 atom stereocenters. The number of carbonyl (C=O) groups is 7. The maximum atomic E-state index is 15.1. The smallest absolute Gasteiger partial charge is 0.408 e. The summed E-state index contributed by atoms with van der Waals surface area (Å²) < 4.78 is 16.1. The van der Waals surface area contributed by atoms with E-state index in [1.54, 1.807) is 52.0 Å². The molecule has 442 valence electrons. The Morgan fingerprint density at radius 3 is 1.22 bits per heavy atom. The van der Waals surface area contributed by atoms with E-state index < -0.39 is 94.8 Å². The van der Waals surface area contributed by atoms with Crippen molar-refractivity contribution in [3.8, 4) is 5.75 Å². The molecule has 0 heterocycles. The van der Waals surface area contributed by atoms with Crippen LogP contribution in [0, 0.1) is 5.92 Å². The minimum atomic E-state index is -1.62. The third-order valence-electron chi connectivity index (χ3n) is 14.8. The Balaban J connectivity index is 1.23. The van der Waals surface area contributed by atoms with Gasteiger partial charge in [0.15, 0.2) is 0 Å².